The Hall–Kier alpha value is -1.35. The molecule has 0 bridgehead atoms. The predicted octanol–water partition coefficient (Wildman–Crippen LogP) is 2.35. The van der Waals surface area contributed by atoms with Gasteiger partial charge in [0.1, 0.15) is 0 Å². The Morgan fingerprint density at radius 2 is 1.79 bits per heavy atom. The first-order valence-electron chi connectivity index (χ1n) is 6.96. The average Bonchev–Trinajstić information content (AvgIpc) is 2.38. The smallest absolute Gasteiger partial charge is 0.222 e. The highest BCUT2D eigenvalue weighted by atomic mass is 16.2. The van der Waals surface area contributed by atoms with Crippen molar-refractivity contribution >= 4 is 5.91 Å². The largest absolute Gasteiger partial charge is 0.345 e. The Labute approximate surface area is 116 Å². The highest BCUT2D eigenvalue weighted by Gasteiger charge is 2.09. The Morgan fingerprint density at radius 3 is 2.42 bits per heavy atom. The number of carbonyl (C=O) groups is 1. The molecule has 0 unspecified atom stereocenters. The number of nitrogens with two attached hydrogens (primary N) is 1. The summed E-state index contributed by atoms with van der Waals surface area (Å²) in [5.41, 5.74) is 10.7. The molecular formula is C16H26N2O. The second-order valence-electron chi connectivity index (χ2n) is 5.32. The number of carbonyl (C=O) groups excluding carboxylic acids is 1. The van der Waals surface area contributed by atoms with E-state index in [1.54, 1.807) is 0 Å². The van der Waals surface area contributed by atoms with E-state index in [9.17, 15) is 4.79 Å². The topological polar surface area (TPSA) is 46.3 Å². The van der Waals surface area contributed by atoms with E-state index in [0.29, 0.717) is 13.0 Å². The molecule has 0 fully saturated rings. The molecule has 0 saturated carbocycles. The van der Waals surface area contributed by atoms with E-state index in [2.05, 4.69) is 32.9 Å². The maximum absolute atomic E-state index is 11.8. The van der Waals surface area contributed by atoms with Crippen LogP contribution in [0, 0.1) is 20.8 Å². The van der Waals surface area contributed by atoms with Gasteiger partial charge in [0.2, 0.25) is 5.91 Å². The lowest BCUT2D eigenvalue weighted by molar-refractivity contribution is -0.129. The van der Waals surface area contributed by atoms with Gasteiger partial charge in [0.05, 0.1) is 0 Å². The number of rotatable bonds is 6. The van der Waals surface area contributed by atoms with Gasteiger partial charge in [-0.15, -0.1) is 0 Å². The van der Waals surface area contributed by atoms with Crippen molar-refractivity contribution in [3.05, 3.63) is 34.4 Å². The lowest BCUT2D eigenvalue weighted by Gasteiger charge is -2.18. The Bertz CT molecular complexity index is 441. The molecule has 3 heteroatoms. The molecule has 0 radical (unpaired) electrons. The van der Waals surface area contributed by atoms with Crippen molar-refractivity contribution in [2.45, 2.75) is 40.0 Å². The van der Waals surface area contributed by atoms with Crippen LogP contribution < -0.4 is 5.73 Å². The van der Waals surface area contributed by atoms with Crippen molar-refractivity contribution in [2.24, 2.45) is 5.73 Å². The first-order valence-corrected chi connectivity index (χ1v) is 6.96. The number of amides is 1. The molecule has 0 saturated heterocycles. The summed E-state index contributed by atoms with van der Waals surface area (Å²) in [7, 11) is 1.87. The van der Waals surface area contributed by atoms with Crippen LogP contribution in [0.15, 0.2) is 12.1 Å². The Morgan fingerprint density at radius 1 is 1.16 bits per heavy atom. The van der Waals surface area contributed by atoms with Crippen LogP contribution in [0.2, 0.25) is 0 Å². The van der Waals surface area contributed by atoms with Gasteiger partial charge >= 0.3 is 0 Å². The van der Waals surface area contributed by atoms with Gasteiger partial charge in [-0.2, -0.15) is 0 Å². The van der Waals surface area contributed by atoms with E-state index >= 15 is 0 Å². The number of benzene rings is 1. The van der Waals surface area contributed by atoms with E-state index in [4.69, 9.17) is 5.73 Å². The van der Waals surface area contributed by atoms with Gasteiger partial charge in [-0.1, -0.05) is 12.1 Å². The highest BCUT2D eigenvalue weighted by molar-refractivity contribution is 5.75. The molecule has 1 amide bonds. The number of aryl methyl sites for hydroxylation is 3. The fourth-order valence-corrected chi connectivity index (χ4v) is 2.15. The van der Waals surface area contributed by atoms with Gasteiger partial charge in [-0.05, 0) is 62.4 Å². The van der Waals surface area contributed by atoms with Gasteiger partial charge in [0.25, 0.3) is 0 Å². The first-order chi connectivity index (χ1) is 8.95. The summed E-state index contributed by atoms with van der Waals surface area (Å²) in [6.45, 7) is 7.75. The molecule has 0 spiro atoms. The van der Waals surface area contributed by atoms with Crippen molar-refractivity contribution in [2.75, 3.05) is 20.1 Å². The lowest BCUT2D eigenvalue weighted by Crippen LogP contribution is -2.29. The zero-order valence-electron chi connectivity index (χ0n) is 12.6. The molecule has 19 heavy (non-hydrogen) atoms. The summed E-state index contributed by atoms with van der Waals surface area (Å²) < 4.78 is 0. The molecule has 1 aromatic rings. The highest BCUT2D eigenvalue weighted by Crippen LogP contribution is 2.16. The maximum Gasteiger partial charge on any atom is 0.222 e. The quantitative estimate of drug-likeness (QED) is 0.855. The Kier molecular flexibility index (Phi) is 6.03. The molecule has 106 valence electrons. The molecule has 0 aromatic heterocycles. The third-order valence-electron chi connectivity index (χ3n) is 3.69. The molecule has 0 heterocycles. The van der Waals surface area contributed by atoms with Crippen molar-refractivity contribution in [1.29, 1.82) is 0 Å². The molecule has 0 aliphatic heterocycles. The van der Waals surface area contributed by atoms with Gasteiger partial charge in [0, 0.05) is 20.0 Å². The predicted molar refractivity (Wildman–Crippen MR) is 80.3 cm³/mol. The SMILES string of the molecule is Cc1cc(C)c(CCN(C)C(=O)CCCN)cc1C. The van der Waals surface area contributed by atoms with Crippen molar-refractivity contribution in [1.82, 2.24) is 4.90 Å². The fourth-order valence-electron chi connectivity index (χ4n) is 2.15. The minimum Gasteiger partial charge on any atom is -0.345 e. The van der Waals surface area contributed by atoms with Crippen LogP contribution in [-0.2, 0) is 11.2 Å². The van der Waals surface area contributed by atoms with E-state index in [1.807, 2.05) is 11.9 Å². The maximum atomic E-state index is 11.8. The number of hydrogen-bond acceptors (Lipinski definition) is 2. The minimum atomic E-state index is 0.187. The van der Waals surface area contributed by atoms with Crippen molar-refractivity contribution < 1.29 is 4.79 Å². The number of hydrogen-bond donors (Lipinski definition) is 1. The second kappa shape index (κ2) is 7.29. The van der Waals surface area contributed by atoms with Gasteiger partial charge in [-0.25, -0.2) is 0 Å². The van der Waals surface area contributed by atoms with Crippen LogP contribution in [0.25, 0.3) is 0 Å². The monoisotopic (exact) mass is 262 g/mol. The van der Waals surface area contributed by atoms with Crippen LogP contribution in [0.1, 0.15) is 35.1 Å². The summed E-state index contributed by atoms with van der Waals surface area (Å²) >= 11 is 0. The van der Waals surface area contributed by atoms with Crippen LogP contribution in [0.5, 0.6) is 0 Å². The van der Waals surface area contributed by atoms with E-state index < -0.39 is 0 Å². The summed E-state index contributed by atoms with van der Waals surface area (Å²) in [5.74, 6) is 0.187. The third-order valence-corrected chi connectivity index (χ3v) is 3.69. The van der Waals surface area contributed by atoms with Crippen LogP contribution in [-0.4, -0.2) is 30.9 Å². The number of nitrogens with zero attached hydrogens (tertiary/aromatic N) is 1. The standard InChI is InChI=1S/C16H26N2O/c1-12-10-14(3)15(11-13(12)2)7-9-18(4)16(19)6-5-8-17/h10-11H,5-9,17H2,1-4H3. The second-order valence-corrected chi connectivity index (χ2v) is 5.32. The normalized spacial score (nSPS) is 10.6. The zero-order chi connectivity index (χ0) is 14.4. The van der Waals surface area contributed by atoms with Gasteiger partial charge < -0.3 is 10.6 Å². The minimum absolute atomic E-state index is 0.187. The van der Waals surface area contributed by atoms with Crippen molar-refractivity contribution in [3.8, 4) is 0 Å². The zero-order valence-corrected chi connectivity index (χ0v) is 12.6. The van der Waals surface area contributed by atoms with Gasteiger partial charge in [0.15, 0.2) is 0 Å². The van der Waals surface area contributed by atoms with Crippen LogP contribution in [0.4, 0.5) is 0 Å². The van der Waals surface area contributed by atoms with E-state index in [0.717, 1.165) is 19.4 Å². The van der Waals surface area contributed by atoms with Gasteiger partial charge in [-0.3, -0.25) is 4.79 Å². The molecule has 1 rings (SSSR count). The molecule has 0 aliphatic rings. The molecule has 0 atom stereocenters. The van der Waals surface area contributed by atoms with Crippen LogP contribution >= 0.6 is 0 Å². The van der Waals surface area contributed by atoms with Crippen LogP contribution in [0.3, 0.4) is 0 Å². The first kappa shape index (κ1) is 15.7. The molecular weight excluding hydrogens is 236 g/mol. The van der Waals surface area contributed by atoms with E-state index in [1.165, 1.54) is 22.3 Å². The molecule has 1 aromatic carbocycles. The summed E-state index contributed by atoms with van der Waals surface area (Å²) in [6.07, 6.45) is 2.24. The Balaban J connectivity index is 2.57. The van der Waals surface area contributed by atoms with Crippen molar-refractivity contribution in [3.63, 3.8) is 0 Å². The average molecular weight is 262 g/mol. The lowest BCUT2D eigenvalue weighted by atomic mass is 9.99. The number of likely N-dealkylation sites (N-methyl/N-ethyl adjacent to an activating group) is 1. The summed E-state index contributed by atoms with van der Waals surface area (Å²) in [5, 5.41) is 0. The summed E-state index contributed by atoms with van der Waals surface area (Å²) in [6, 6.07) is 4.46. The molecule has 0 aliphatic carbocycles. The molecule has 3 nitrogen and oxygen atoms in total. The third kappa shape index (κ3) is 4.67. The van der Waals surface area contributed by atoms with E-state index in [-0.39, 0.29) is 5.91 Å². The fraction of sp³-hybridized carbons (Fsp3) is 0.562. The summed E-state index contributed by atoms with van der Waals surface area (Å²) in [4.78, 5) is 13.6. The molecule has 2 N–H and O–H groups in total.